The number of aryl methyl sites for hydroxylation is 1. The fourth-order valence-electron chi connectivity index (χ4n) is 2.86. The van der Waals surface area contributed by atoms with Gasteiger partial charge in [0, 0.05) is 19.5 Å². The van der Waals surface area contributed by atoms with Crippen molar-refractivity contribution in [2.75, 3.05) is 24.7 Å². The Labute approximate surface area is 152 Å². The molecule has 1 saturated heterocycles. The molecule has 1 fully saturated rings. The summed E-state index contributed by atoms with van der Waals surface area (Å²) in [5.74, 6) is -0.878. The van der Waals surface area contributed by atoms with E-state index in [-0.39, 0.29) is 29.2 Å². The van der Waals surface area contributed by atoms with Crippen molar-refractivity contribution in [3.8, 4) is 5.75 Å². The molecular weight excluding hydrogens is 362 g/mol. The molecule has 1 atom stereocenters. The summed E-state index contributed by atoms with van der Waals surface area (Å²) < 4.78 is 28.8. The Hall–Kier alpha value is -2.23. The monoisotopic (exact) mass is 385 g/mol. The summed E-state index contributed by atoms with van der Waals surface area (Å²) in [5.41, 5.74) is 0.469. The van der Waals surface area contributed by atoms with Crippen LogP contribution in [0.3, 0.4) is 0 Å². The second kappa shape index (κ2) is 8.43. The minimum absolute atomic E-state index is 0.0469. The zero-order valence-electron chi connectivity index (χ0n) is 14.9. The zero-order chi connectivity index (χ0) is 19.3. The molecule has 144 valence electrons. The summed E-state index contributed by atoms with van der Waals surface area (Å²) in [6, 6.07) is 2.60. The van der Waals surface area contributed by atoms with Gasteiger partial charge in [-0.1, -0.05) is 13.3 Å². The first-order valence-electron chi connectivity index (χ1n) is 8.48. The highest BCUT2D eigenvalue weighted by molar-refractivity contribution is 7.91. The third-order valence-electron chi connectivity index (χ3n) is 4.22. The number of carbonyl (C=O) groups is 1. The molecule has 0 N–H and O–H groups in total. The van der Waals surface area contributed by atoms with Crippen LogP contribution in [0.1, 0.15) is 31.9 Å². The minimum atomic E-state index is -3.12. The SMILES string of the molecule is CCCCN(C(=O)COc1ccc(C)nc1[N+](=O)[O-])[C@H]1CCS(=O)(=O)C1. The lowest BCUT2D eigenvalue weighted by molar-refractivity contribution is -0.390. The van der Waals surface area contributed by atoms with Crippen molar-refractivity contribution in [3.05, 3.63) is 27.9 Å². The molecular formula is C16H23N3O6S. The topological polar surface area (TPSA) is 120 Å². The number of aromatic nitrogens is 1. The first-order chi connectivity index (χ1) is 12.2. The van der Waals surface area contributed by atoms with E-state index in [1.54, 1.807) is 13.0 Å². The van der Waals surface area contributed by atoms with Crippen molar-refractivity contribution < 1.29 is 22.9 Å². The number of ether oxygens (including phenoxy) is 1. The first kappa shape index (κ1) is 20.1. The molecule has 2 heterocycles. The number of nitro groups is 1. The van der Waals surface area contributed by atoms with Crippen molar-refractivity contribution in [1.82, 2.24) is 9.88 Å². The Bertz CT molecular complexity index is 780. The molecule has 0 radical (unpaired) electrons. The van der Waals surface area contributed by atoms with Crippen molar-refractivity contribution in [2.24, 2.45) is 0 Å². The number of pyridine rings is 1. The third-order valence-corrected chi connectivity index (χ3v) is 5.98. The molecule has 1 aliphatic rings. The number of unbranched alkanes of at least 4 members (excludes halogenated alkanes) is 1. The van der Waals surface area contributed by atoms with Gasteiger partial charge in [0.1, 0.15) is 5.69 Å². The van der Waals surface area contributed by atoms with Gasteiger partial charge in [0.2, 0.25) is 5.75 Å². The van der Waals surface area contributed by atoms with Crippen LogP contribution in [0.25, 0.3) is 0 Å². The van der Waals surface area contributed by atoms with E-state index in [4.69, 9.17) is 4.74 Å². The Morgan fingerprint density at radius 1 is 1.46 bits per heavy atom. The summed E-state index contributed by atoms with van der Waals surface area (Å²) in [4.78, 5) is 28.3. The van der Waals surface area contributed by atoms with Gasteiger partial charge in [0.15, 0.2) is 16.4 Å². The lowest BCUT2D eigenvalue weighted by atomic mass is 10.2. The van der Waals surface area contributed by atoms with Gasteiger partial charge < -0.3 is 19.8 Å². The average Bonchev–Trinajstić information content (AvgIpc) is 2.93. The summed E-state index contributed by atoms with van der Waals surface area (Å²) in [6.07, 6.45) is 2.01. The maximum Gasteiger partial charge on any atom is 0.406 e. The van der Waals surface area contributed by atoms with Gasteiger partial charge in [0.05, 0.1) is 11.5 Å². The van der Waals surface area contributed by atoms with Gasteiger partial charge >= 0.3 is 5.82 Å². The van der Waals surface area contributed by atoms with E-state index in [2.05, 4.69) is 4.98 Å². The largest absolute Gasteiger partial charge is 0.476 e. The van der Waals surface area contributed by atoms with Crippen LogP contribution in [0.15, 0.2) is 12.1 Å². The second-order valence-corrected chi connectivity index (χ2v) is 8.55. The number of amides is 1. The lowest BCUT2D eigenvalue weighted by Crippen LogP contribution is -2.44. The Kier molecular flexibility index (Phi) is 6.52. The van der Waals surface area contributed by atoms with Gasteiger partial charge in [0.25, 0.3) is 5.91 Å². The quantitative estimate of drug-likeness (QED) is 0.491. The highest BCUT2D eigenvalue weighted by atomic mass is 32.2. The van der Waals surface area contributed by atoms with Crippen LogP contribution in [0.5, 0.6) is 5.75 Å². The van der Waals surface area contributed by atoms with E-state index in [0.29, 0.717) is 18.7 Å². The molecule has 0 spiro atoms. The molecule has 0 bridgehead atoms. The summed E-state index contributed by atoms with van der Waals surface area (Å²) >= 11 is 0. The van der Waals surface area contributed by atoms with Crippen LogP contribution in [0.4, 0.5) is 5.82 Å². The second-order valence-electron chi connectivity index (χ2n) is 6.32. The fourth-order valence-corrected chi connectivity index (χ4v) is 4.59. The molecule has 0 aromatic carbocycles. The van der Waals surface area contributed by atoms with Crippen LogP contribution in [-0.2, 0) is 14.6 Å². The first-order valence-corrected chi connectivity index (χ1v) is 10.3. The van der Waals surface area contributed by atoms with E-state index in [0.717, 1.165) is 12.8 Å². The number of nitrogens with zero attached hydrogens (tertiary/aromatic N) is 3. The number of carbonyl (C=O) groups excluding carboxylic acids is 1. The van der Waals surface area contributed by atoms with Gasteiger partial charge in [-0.25, -0.2) is 8.42 Å². The van der Waals surface area contributed by atoms with Crippen molar-refractivity contribution >= 4 is 21.6 Å². The molecule has 26 heavy (non-hydrogen) atoms. The van der Waals surface area contributed by atoms with Gasteiger partial charge in [-0.05, 0) is 34.9 Å². The maximum atomic E-state index is 12.6. The van der Waals surface area contributed by atoms with Crippen LogP contribution < -0.4 is 4.74 Å². The lowest BCUT2D eigenvalue weighted by Gasteiger charge is -2.28. The average molecular weight is 385 g/mol. The number of sulfone groups is 1. The summed E-state index contributed by atoms with van der Waals surface area (Å²) in [7, 11) is -3.12. The smallest absolute Gasteiger partial charge is 0.406 e. The minimum Gasteiger partial charge on any atom is -0.476 e. The van der Waals surface area contributed by atoms with Crippen LogP contribution >= 0.6 is 0 Å². The Morgan fingerprint density at radius 2 is 2.19 bits per heavy atom. The van der Waals surface area contributed by atoms with Crippen molar-refractivity contribution in [3.63, 3.8) is 0 Å². The Morgan fingerprint density at radius 3 is 2.77 bits per heavy atom. The van der Waals surface area contributed by atoms with E-state index in [1.165, 1.54) is 11.0 Å². The number of hydrogen-bond acceptors (Lipinski definition) is 7. The maximum absolute atomic E-state index is 12.6. The molecule has 2 rings (SSSR count). The molecule has 0 unspecified atom stereocenters. The predicted molar refractivity (Wildman–Crippen MR) is 94.8 cm³/mol. The molecule has 1 aromatic heterocycles. The summed E-state index contributed by atoms with van der Waals surface area (Å²) in [6.45, 7) is 3.64. The molecule has 0 saturated carbocycles. The van der Waals surface area contributed by atoms with E-state index >= 15 is 0 Å². The molecule has 0 aliphatic carbocycles. The summed E-state index contributed by atoms with van der Waals surface area (Å²) in [5, 5.41) is 11.1. The van der Waals surface area contributed by atoms with Crippen molar-refractivity contribution in [1.29, 1.82) is 0 Å². The molecule has 10 heteroatoms. The normalized spacial score (nSPS) is 18.5. The van der Waals surface area contributed by atoms with Crippen LogP contribution in [-0.4, -0.2) is 59.8 Å². The van der Waals surface area contributed by atoms with Crippen molar-refractivity contribution in [2.45, 2.75) is 39.2 Å². The predicted octanol–water partition coefficient (Wildman–Crippen LogP) is 1.49. The molecule has 1 amide bonds. The standard InChI is InChI=1S/C16H23N3O6S/c1-3-4-8-18(13-7-9-26(23,24)11-13)15(20)10-25-14-6-5-12(2)17-16(14)19(21)22/h5-6,13H,3-4,7-11H2,1-2H3/t13-/m0/s1. The Balaban J connectivity index is 2.09. The van der Waals surface area contributed by atoms with E-state index < -0.39 is 27.2 Å². The fraction of sp³-hybridized carbons (Fsp3) is 0.625. The van der Waals surface area contributed by atoms with Crippen LogP contribution in [0, 0.1) is 17.0 Å². The van der Waals surface area contributed by atoms with Crippen LogP contribution in [0.2, 0.25) is 0 Å². The number of rotatable bonds is 8. The van der Waals surface area contributed by atoms with Gasteiger partial charge in [-0.15, -0.1) is 0 Å². The highest BCUT2D eigenvalue weighted by Gasteiger charge is 2.34. The highest BCUT2D eigenvalue weighted by Crippen LogP contribution is 2.25. The molecule has 1 aliphatic heterocycles. The molecule has 9 nitrogen and oxygen atoms in total. The van der Waals surface area contributed by atoms with Gasteiger partial charge in [-0.3, -0.25) is 4.79 Å². The molecule has 1 aromatic rings. The third kappa shape index (κ3) is 5.13. The van der Waals surface area contributed by atoms with Gasteiger partial charge in [-0.2, -0.15) is 0 Å². The number of hydrogen-bond donors (Lipinski definition) is 0. The van der Waals surface area contributed by atoms with E-state index in [1.807, 2.05) is 6.92 Å². The zero-order valence-corrected chi connectivity index (χ0v) is 15.7. The van der Waals surface area contributed by atoms with E-state index in [9.17, 15) is 23.3 Å².